The Hall–Kier alpha value is -1.58. The van der Waals surface area contributed by atoms with E-state index in [0.29, 0.717) is 5.75 Å². The molecule has 0 fully saturated rings. The Morgan fingerprint density at radius 3 is 2.82 bits per heavy atom. The third-order valence-electron chi connectivity index (χ3n) is 4.01. The summed E-state index contributed by atoms with van der Waals surface area (Å²) in [5.41, 5.74) is 1.78. The van der Waals surface area contributed by atoms with Crippen molar-refractivity contribution in [3.05, 3.63) is 59.9 Å². The van der Waals surface area contributed by atoms with Gasteiger partial charge in [-0.1, -0.05) is 43.3 Å². The first-order valence-electron chi connectivity index (χ1n) is 7.54. The Balaban J connectivity index is 2.26. The topological polar surface area (TPSA) is 20.2 Å². The predicted octanol–water partition coefficient (Wildman–Crippen LogP) is 5.20. The number of benzene rings is 2. The third kappa shape index (κ3) is 2.83. The average molecular weight is 314 g/mol. The Bertz CT molecular complexity index is 748. The molecular weight excluding hydrogens is 295 g/mol. The number of hydrogen-bond donors (Lipinski definition) is 1. The predicted molar refractivity (Wildman–Crippen MR) is 92.7 cm³/mol. The molecule has 1 aliphatic rings. The summed E-state index contributed by atoms with van der Waals surface area (Å²) in [6.07, 6.45) is 4.34. The van der Waals surface area contributed by atoms with Crippen LogP contribution in [0.2, 0.25) is 0 Å². The lowest BCUT2D eigenvalue weighted by molar-refractivity contribution is 0.322. The number of aliphatic hydroxyl groups excluding tert-OH is 1. The second kappa shape index (κ2) is 6.67. The van der Waals surface area contributed by atoms with E-state index < -0.39 is 0 Å². The average Bonchev–Trinajstić information content (AvgIpc) is 2.53. The van der Waals surface area contributed by atoms with Crippen LogP contribution in [0.3, 0.4) is 0 Å². The van der Waals surface area contributed by atoms with E-state index in [1.165, 1.54) is 0 Å². The van der Waals surface area contributed by atoms with Crippen molar-refractivity contribution in [2.45, 2.75) is 18.2 Å². The van der Waals surface area contributed by atoms with E-state index in [1.807, 2.05) is 24.3 Å². The molecule has 114 valence electrons. The van der Waals surface area contributed by atoms with Crippen LogP contribution in [-0.2, 0) is 0 Å². The van der Waals surface area contributed by atoms with E-state index in [0.717, 1.165) is 33.2 Å². The Morgan fingerprint density at radius 2 is 2.05 bits per heavy atom. The van der Waals surface area contributed by atoms with Crippen molar-refractivity contribution < 1.29 is 9.50 Å². The molecule has 0 amide bonds. The number of allylic oxidation sites excluding steroid dienone is 4. The van der Waals surface area contributed by atoms with Gasteiger partial charge in [0.2, 0.25) is 0 Å². The van der Waals surface area contributed by atoms with Crippen LogP contribution in [0.5, 0.6) is 0 Å². The molecule has 0 saturated heterocycles. The molecule has 0 aromatic heterocycles. The lowest BCUT2D eigenvalue weighted by Crippen LogP contribution is -2.05. The van der Waals surface area contributed by atoms with Crippen molar-refractivity contribution in [3.8, 4) is 0 Å². The van der Waals surface area contributed by atoms with Crippen molar-refractivity contribution in [1.29, 1.82) is 0 Å². The van der Waals surface area contributed by atoms with E-state index in [9.17, 15) is 4.39 Å². The van der Waals surface area contributed by atoms with Crippen molar-refractivity contribution >= 4 is 28.1 Å². The van der Waals surface area contributed by atoms with E-state index in [4.69, 9.17) is 5.11 Å². The zero-order valence-electron chi connectivity index (χ0n) is 12.6. The summed E-state index contributed by atoms with van der Waals surface area (Å²) in [7, 11) is 0. The number of thioether (sulfide) groups is 1. The van der Waals surface area contributed by atoms with E-state index in [1.54, 1.807) is 17.8 Å². The fraction of sp³-hybridized carbons (Fsp3) is 0.263. The van der Waals surface area contributed by atoms with Gasteiger partial charge in [0.25, 0.3) is 0 Å². The molecule has 0 spiro atoms. The maximum Gasteiger partial charge on any atom is 0.127 e. The monoisotopic (exact) mass is 314 g/mol. The normalized spacial score (nSPS) is 18.2. The zero-order valence-corrected chi connectivity index (χ0v) is 13.4. The lowest BCUT2D eigenvalue weighted by atomic mass is 9.85. The van der Waals surface area contributed by atoms with Crippen molar-refractivity contribution in [2.24, 2.45) is 5.92 Å². The van der Waals surface area contributed by atoms with E-state index in [2.05, 4.69) is 25.1 Å². The largest absolute Gasteiger partial charge is 0.396 e. The standard InChI is InChI=1S/C19H19FOS/c1-13-5-4-8-16(20)18(13)19-15-7-3-2-6-14(15)9-10-17(19)22-12-11-21/h2-4,6-10,13,21H,5,11-12H2,1H3. The van der Waals surface area contributed by atoms with Gasteiger partial charge in [0.15, 0.2) is 0 Å². The van der Waals surface area contributed by atoms with Gasteiger partial charge < -0.3 is 5.11 Å². The number of fused-ring (bicyclic) bond motifs is 1. The number of hydrogen-bond acceptors (Lipinski definition) is 2. The van der Waals surface area contributed by atoms with Gasteiger partial charge in [-0.25, -0.2) is 4.39 Å². The third-order valence-corrected chi connectivity index (χ3v) is 5.05. The first-order valence-corrected chi connectivity index (χ1v) is 8.53. The molecule has 0 radical (unpaired) electrons. The van der Waals surface area contributed by atoms with Crippen LogP contribution < -0.4 is 0 Å². The number of rotatable bonds is 4. The van der Waals surface area contributed by atoms with Gasteiger partial charge in [-0.15, -0.1) is 11.8 Å². The van der Waals surface area contributed by atoms with Crippen LogP contribution in [0.4, 0.5) is 4.39 Å². The highest BCUT2D eigenvalue weighted by Gasteiger charge is 2.22. The number of halogens is 1. The quantitative estimate of drug-likeness (QED) is 0.783. The molecule has 0 aliphatic heterocycles. The lowest BCUT2D eigenvalue weighted by Gasteiger charge is -2.23. The molecule has 0 bridgehead atoms. The highest BCUT2D eigenvalue weighted by molar-refractivity contribution is 7.99. The summed E-state index contributed by atoms with van der Waals surface area (Å²) in [5, 5.41) is 11.3. The Kier molecular flexibility index (Phi) is 4.65. The van der Waals surface area contributed by atoms with Crippen molar-refractivity contribution in [2.75, 3.05) is 12.4 Å². The Labute approximate surface area is 134 Å². The van der Waals surface area contributed by atoms with Crippen LogP contribution in [-0.4, -0.2) is 17.5 Å². The molecule has 2 aromatic rings. The molecule has 0 heterocycles. The molecule has 2 aromatic carbocycles. The van der Waals surface area contributed by atoms with Gasteiger partial charge in [-0.05, 0) is 40.8 Å². The van der Waals surface area contributed by atoms with Gasteiger partial charge in [-0.3, -0.25) is 0 Å². The first kappa shape index (κ1) is 15.3. The molecule has 1 atom stereocenters. The smallest absolute Gasteiger partial charge is 0.127 e. The minimum atomic E-state index is -0.138. The van der Waals surface area contributed by atoms with E-state index in [-0.39, 0.29) is 18.4 Å². The van der Waals surface area contributed by atoms with Gasteiger partial charge in [0.1, 0.15) is 5.83 Å². The second-order valence-electron chi connectivity index (χ2n) is 5.53. The minimum absolute atomic E-state index is 0.119. The summed E-state index contributed by atoms with van der Waals surface area (Å²) in [5.74, 6) is 0.634. The van der Waals surface area contributed by atoms with E-state index >= 15 is 0 Å². The zero-order chi connectivity index (χ0) is 15.5. The second-order valence-corrected chi connectivity index (χ2v) is 6.67. The summed E-state index contributed by atoms with van der Waals surface area (Å²) < 4.78 is 14.5. The van der Waals surface area contributed by atoms with Crippen LogP contribution in [0, 0.1) is 5.92 Å². The maximum atomic E-state index is 14.5. The van der Waals surface area contributed by atoms with Gasteiger partial charge >= 0.3 is 0 Å². The van der Waals surface area contributed by atoms with Gasteiger partial charge in [0, 0.05) is 16.2 Å². The Morgan fingerprint density at radius 1 is 1.23 bits per heavy atom. The maximum absolute atomic E-state index is 14.5. The fourth-order valence-corrected chi connectivity index (χ4v) is 3.83. The summed E-state index contributed by atoms with van der Waals surface area (Å²) in [6.45, 7) is 2.19. The van der Waals surface area contributed by atoms with Crippen molar-refractivity contribution in [1.82, 2.24) is 0 Å². The molecule has 1 aliphatic carbocycles. The number of aliphatic hydroxyl groups is 1. The molecule has 1 N–H and O–H groups in total. The highest BCUT2D eigenvalue weighted by Crippen LogP contribution is 2.42. The molecule has 22 heavy (non-hydrogen) atoms. The van der Waals surface area contributed by atoms with Gasteiger partial charge in [0.05, 0.1) is 6.61 Å². The van der Waals surface area contributed by atoms with Crippen LogP contribution in [0.15, 0.2) is 59.3 Å². The summed E-state index contributed by atoms with van der Waals surface area (Å²) in [4.78, 5) is 1.04. The molecular formula is C19H19FOS. The SMILES string of the molecule is CC1CC=CC(F)=C1c1c(SCCO)ccc2ccccc12. The molecule has 1 unspecified atom stereocenters. The highest BCUT2D eigenvalue weighted by atomic mass is 32.2. The molecule has 0 saturated carbocycles. The van der Waals surface area contributed by atoms with Gasteiger partial charge in [-0.2, -0.15) is 0 Å². The molecule has 3 rings (SSSR count). The van der Waals surface area contributed by atoms with Crippen LogP contribution >= 0.6 is 11.8 Å². The minimum Gasteiger partial charge on any atom is -0.396 e. The summed E-state index contributed by atoms with van der Waals surface area (Å²) in [6, 6.07) is 12.2. The fourth-order valence-electron chi connectivity index (χ4n) is 2.99. The van der Waals surface area contributed by atoms with Crippen LogP contribution in [0.25, 0.3) is 16.3 Å². The molecule has 3 heteroatoms. The molecule has 1 nitrogen and oxygen atoms in total. The summed E-state index contributed by atoms with van der Waals surface area (Å²) >= 11 is 1.58. The first-order chi connectivity index (χ1) is 10.7. The van der Waals surface area contributed by atoms with Crippen LogP contribution in [0.1, 0.15) is 18.9 Å². The van der Waals surface area contributed by atoms with Crippen molar-refractivity contribution in [3.63, 3.8) is 0 Å².